The van der Waals surface area contributed by atoms with Crippen molar-refractivity contribution in [1.29, 1.82) is 0 Å². The second kappa shape index (κ2) is 8.40. The van der Waals surface area contributed by atoms with Crippen molar-refractivity contribution in [3.63, 3.8) is 0 Å². The highest BCUT2D eigenvalue weighted by atomic mass is 32.2. The zero-order valence-corrected chi connectivity index (χ0v) is 17.8. The Balaban J connectivity index is 1.48. The van der Waals surface area contributed by atoms with Gasteiger partial charge in [0.15, 0.2) is 18.1 Å². The van der Waals surface area contributed by atoms with E-state index in [0.717, 1.165) is 4.85 Å². The van der Waals surface area contributed by atoms with Crippen LogP contribution in [0.15, 0.2) is 41.3 Å². The lowest BCUT2D eigenvalue weighted by Gasteiger charge is -2.18. The third-order valence-electron chi connectivity index (χ3n) is 4.70. The summed E-state index contributed by atoms with van der Waals surface area (Å²) >= 11 is 0. The molecular weight excluding hydrogens is 426 g/mol. The Morgan fingerprint density at radius 1 is 1.16 bits per heavy atom. The molecule has 0 bridgehead atoms. The highest BCUT2D eigenvalue weighted by molar-refractivity contribution is 7.89. The van der Waals surface area contributed by atoms with E-state index in [0.29, 0.717) is 41.3 Å². The molecule has 12 heteroatoms. The van der Waals surface area contributed by atoms with Crippen LogP contribution >= 0.6 is 0 Å². The van der Waals surface area contributed by atoms with Gasteiger partial charge in [0.1, 0.15) is 11.0 Å². The molecule has 0 aliphatic carbocycles. The maximum Gasteiger partial charge on any atom is 0.265 e. The number of aromatic nitrogens is 3. The summed E-state index contributed by atoms with van der Waals surface area (Å²) in [5, 5.41) is 10.5. The number of sulfonamides is 1. The third kappa shape index (κ3) is 4.11. The van der Waals surface area contributed by atoms with E-state index in [4.69, 9.17) is 14.3 Å². The van der Waals surface area contributed by atoms with E-state index in [1.54, 1.807) is 38.1 Å². The van der Waals surface area contributed by atoms with Crippen molar-refractivity contribution in [3.8, 4) is 11.5 Å². The first-order chi connectivity index (χ1) is 14.9. The standard InChI is InChI=1S/C19H21N5O6S/c1-3-23(4-2)31(26,27)14-6-7-15-16(10-14)24(22-21-15)30-11-19(25)20-13-5-8-17-18(9-13)29-12-28-17/h5-10H,3-4,11-12H2,1-2H3,(H,20,25). The lowest BCUT2D eigenvalue weighted by molar-refractivity contribution is -0.121. The Kier molecular flexibility index (Phi) is 5.65. The number of carbonyl (C=O) groups excluding carboxylic acids is 1. The van der Waals surface area contributed by atoms with Gasteiger partial charge < -0.3 is 19.6 Å². The molecule has 0 unspecified atom stereocenters. The van der Waals surface area contributed by atoms with E-state index in [-0.39, 0.29) is 18.3 Å². The Morgan fingerprint density at radius 3 is 2.71 bits per heavy atom. The Hall–Kier alpha value is -3.38. The number of benzene rings is 2. The molecule has 3 aromatic rings. The van der Waals surface area contributed by atoms with Crippen molar-refractivity contribution in [2.75, 3.05) is 31.8 Å². The predicted octanol–water partition coefficient (Wildman–Crippen LogP) is 1.26. The van der Waals surface area contributed by atoms with E-state index in [1.807, 2.05) is 0 Å². The minimum atomic E-state index is -3.66. The second-order valence-electron chi connectivity index (χ2n) is 6.59. The number of nitrogens with one attached hydrogen (secondary N) is 1. The van der Waals surface area contributed by atoms with Gasteiger partial charge in [-0.15, -0.1) is 5.10 Å². The summed E-state index contributed by atoms with van der Waals surface area (Å²) in [6.45, 7) is 4.03. The lowest BCUT2D eigenvalue weighted by atomic mass is 10.3. The largest absolute Gasteiger partial charge is 0.454 e. The molecule has 31 heavy (non-hydrogen) atoms. The summed E-state index contributed by atoms with van der Waals surface area (Å²) < 4.78 is 37.4. The van der Waals surface area contributed by atoms with E-state index in [1.165, 1.54) is 16.4 Å². The van der Waals surface area contributed by atoms with E-state index in [9.17, 15) is 13.2 Å². The first-order valence-corrected chi connectivity index (χ1v) is 11.0. The smallest absolute Gasteiger partial charge is 0.265 e. The van der Waals surface area contributed by atoms with Crippen LogP contribution in [0.5, 0.6) is 11.5 Å². The van der Waals surface area contributed by atoms with Crippen LogP contribution in [0.2, 0.25) is 0 Å². The number of hydrogen-bond acceptors (Lipinski definition) is 8. The number of hydrogen-bond donors (Lipinski definition) is 1. The van der Waals surface area contributed by atoms with Crippen LogP contribution in [0.1, 0.15) is 13.8 Å². The van der Waals surface area contributed by atoms with Crippen molar-refractivity contribution in [3.05, 3.63) is 36.4 Å². The van der Waals surface area contributed by atoms with Gasteiger partial charge >= 0.3 is 0 Å². The molecule has 4 rings (SSSR count). The molecule has 0 radical (unpaired) electrons. The van der Waals surface area contributed by atoms with Crippen LogP contribution in [0.25, 0.3) is 11.0 Å². The van der Waals surface area contributed by atoms with Crippen molar-refractivity contribution >= 4 is 32.7 Å². The summed E-state index contributed by atoms with van der Waals surface area (Å²) in [7, 11) is -3.66. The predicted molar refractivity (Wildman–Crippen MR) is 110 cm³/mol. The average molecular weight is 447 g/mol. The van der Waals surface area contributed by atoms with Crippen LogP contribution in [0.4, 0.5) is 5.69 Å². The molecule has 1 N–H and O–H groups in total. The Bertz CT molecular complexity index is 1220. The third-order valence-corrected chi connectivity index (χ3v) is 6.75. The van der Waals surface area contributed by atoms with Gasteiger partial charge in [-0.1, -0.05) is 18.7 Å². The minimum absolute atomic E-state index is 0.0978. The number of amides is 1. The van der Waals surface area contributed by atoms with Gasteiger partial charge in [-0.25, -0.2) is 8.42 Å². The summed E-state index contributed by atoms with van der Waals surface area (Å²) in [5.41, 5.74) is 1.30. The Morgan fingerprint density at radius 2 is 1.94 bits per heavy atom. The van der Waals surface area contributed by atoms with Gasteiger partial charge in [-0.2, -0.15) is 4.31 Å². The quantitative estimate of drug-likeness (QED) is 0.547. The van der Waals surface area contributed by atoms with Crippen LogP contribution < -0.4 is 19.6 Å². The fourth-order valence-corrected chi connectivity index (χ4v) is 4.62. The molecular formula is C19H21N5O6S. The molecule has 0 fully saturated rings. The Labute approximate surface area is 178 Å². The maximum atomic E-state index is 12.8. The fourth-order valence-electron chi connectivity index (χ4n) is 3.14. The van der Waals surface area contributed by atoms with Crippen molar-refractivity contribution < 1.29 is 27.5 Å². The molecule has 1 aliphatic heterocycles. The molecule has 11 nitrogen and oxygen atoms in total. The first-order valence-electron chi connectivity index (χ1n) is 9.60. The second-order valence-corrected chi connectivity index (χ2v) is 8.53. The van der Waals surface area contributed by atoms with Crippen molar-refractivity contribution in [2.45, 2.75) is 18.7 Å². The van der Waals surface area contributed by atoms with Crippen LogP contribution in [-0.2, 0) is 14.8 Å². The van der Waals surface area contributed by atoms with E-state index < -0.39 is 15.9 Å². The van der Waals surface area contributed by atoms with Gasteiger partial charge in [-0.05, 0) is 35.5 Å². The lowest BCUT2D eigenvalue weighted by Crippen LogP contribution is -2.30. The fraction of sp³-hybridized carbons (Fsp3) is 0.316. The van der Waals surface area contributed by atoms with Gasteiger partial charge in [0.2, 0.25) is 16.8 Å². The van der Waals surface area contributed by atoms with Gasteiger partial charge in [-0.3, -0.25) is 4.79 Å². The summed E-state index contributed by atoms with van der Waals surface area (Å²) in [6.07, 6.45) is 0. The van der Waals surface area contributed by atoms with Crippen LogP contribution in [0.3, 0.4) is 0 Å². The number of rotatable bonds is 8. The van der Waals surface area contributed by atoms with Crippen LogP contribution in [0, 0.1) is 0 Å². The summed E-state index contributed by atoms with van der Waals surface area (Å²) in [6, 6.07) is 9.48. The summed E-state index contributed by atoms with van der Waals surface area (Å²) in [5.74, 6) is 0.719. The number of ether oxygens (including phenoxy) is 2. The average Bonchev–Trinajstić information content (AvgIpc) is 3.39. The molecule has 1 aliphatic rings. The zero-order chi connectivity index (χ0) is 22.0. The number of nitrogens with zero attached hydrogens (tertiary/aromatic N) is 4. The van der Waals surface area contributed by atoms with E-state index in [2.05, 4.69) is 15.6 Å². The molecule has 0 saturated heterocycles. The highest BCUT2D eigenvalue weighted by Gasteiger charge is 2.23. The number of anilines is 1. The molecule has 0 saturated carbocycles. The van der Waals surface area contributed by atoms with Crippen molar-refractivity contribution in [1.82, 2.24) is 19.5 Å². The maximum absolute atomic E-state index is 12.8. The SMILES string of the molecule is CCN(CC)S(=O)(=O)c1ccc2nnn(OCC(=O)Nc3ccc4c(c3)OCO4)c2c1. The van der Waals surface area contributed by atoms with Gasteiger partial charge in [0.25, 0.3) is 5.91 Å². The molecule has 1 aromatic heterocycles. The van der Waals surface area contributed by atoms with Crippen molar-refractivity contribution in [2.24, 2.45) is 0 Å². The molecule has 0 atom stereocenters. The van der Waals surface area contributed by atoms with Crippen LogP contribution in [-0.4, -0.2) is 60.3 Å². The monoisotopic (exact) mass is 447 g/mol. The first kappa shape index (κ1) is 20.9. The number of fused-ring (bicyclic) bond motifs is 2. The molecule has 2 aromatic carbocycles. The minimum Gasteiger partial charge on any atom is -0.454 e. The van der Waals surface area contributed by atoms with Gasteiger partial charge in [0, 0.05) is 24.8 Å². The van der Waals surface area contributed by atoms with E-state index >= 15 is 0 Å². The molecule has 0 spiro atoms. The molecule has 2 heterocycles. The molecule has 164 valence electrons. The van der Waals surface area contributed by atoms with Gasteiger partial charge in [0.05, 0.1) is 4.90 Å². The molecule has 1 amide bonds. The zero-order valence-electron chi connectivity index (χ0n) is 16.9. The normalized spacial score (nSPS) is 13.0. The highest BCUT2D eigenvalue weighted by Crippen LogP contribution is 2.34. The topological polar surface area (TPSA) is 125 Å². The number of carbonyl (C=O) groups is 1. The summed E-state index contributed by atoms with van der Waals surface area (Å²) in [4.78, 5) is 18.8.